The van der Waals surface area contributed by atoms with E-state index in [1.807, 2.05) is 49.5 Å². The summed E-state index contributed by atoms with van der Waals surface area (Å²) >= 11 is 0. The number of Topliss-reactive ketones (excluding diaryl/α,β-unsaturated/α-hetero) is 1. The van der Waals surface area contributed by atoms with Crippen molar-refractivity contribution in [2.45, 2.75) is 26.1 Å². The molecule has 0 spiro atoms. The van der Waals surface area contributed by atoms with Gasteiger partial charge in [0.25, 0.3) is 0 Å². The Hall–Kier alpha value is -4.60. The van der Waals surface area contributed by atoms with Crippen LogP contribution in [0.5, 0.6) is 5.75 Å². The summed E-state index contributed by atoms with van der Waals surface area (Å²) in [6.07, 6.45) is -1.82. The Morgan fingerprint density at radius 1 is 0.927 bits per heavy atom. The minimum absolute atomic E-state index is 0.0852. The summed E-state index contributed by atoms with van der Waals surface area (Å²) in [5.41, 5.74) is 5.08. The highest BCUT2D eigenvalue weighted by Gasteiger charge is 2.31. The lowest BCUT2D eigenvalue weighted by Crippen LogP contribution is -2.46. The van der Waals surface area contributed by atoms with E-state index in [0.717, 1.165) is 65.4 Å². The summed E-state index contributed by atoms with van der Waals surface area (Å²) in [6.45, 7) is 4.79. The molecule has 0 aliphatic carbocycles. The maximum Gasteiger partial charge on any atom is 0.573 e. The fourth-order valence-corrected chi connectivity index (χ4v) is 5.39. The predicted molar refractivity (Wildman–Crippen MR) is 152 cm³/mol. The highest BCUT2D eigenvalue weighted by Crippen LogP contribution is 2.27. The molecule has 1 fully saturated rings. The number of nitrogens with zero attached hydrogens (tertiary/aromatic N) is 5. The third kappa shape index (κ3) is 5.82. The zero-order valence-corrected chi connectivity index (χ0v) is 22.4. The summed E-state index contributed by atoms with van der Waals surface area (Å²) in [4.78, 5) is 22.3. The molecule has 0 amide bonds. The van der Waals surface area contributed by atoms with Crippen LogP contribution < -0.4 is 14.5 Å². The normalized spacial score (nSPS) is 14.1. The third-order valence-corrected chi connectivity index (χ3v) is 7.41. The van der Waals surface area contributed by atoms with Gasteiger partial charge in [0.05, 0.1) is 22.3 Å². The van der Waals surface area contributed by atoms with E-state index in [4.69, 9.17) is 4.98 Å². The number of alkyl halides is 3. The first-order valence-electron chi connectivity index (χ1n) is 13.5. The van der Waals surface area contributed by atoms with Crippen LogP contribution in [-0.4, -0.2) is 52.9 Å². The Morgan fingerprint density at radius 2 is 1.68 bits per heavy atom. The van der Waals surface area contributed by atoms with Gasteiger partial charge >= 0.3 is 6.36 Å². The van der Waals surface area contributed by atoms with Crippen LogP contribution in [0.15, 0.2) is 79.0 Å². The Morgan fingerprint density at radius 3 is 2.44 bits per heavy atom. The fourth-order valence-electron chi connectivity index (χ4n) is 5.39. The lowest BCUT2D eigenvalue weighted by molar-refractivity contribution is -0.274. The number of ketones is 1. The number of ether oxygens (including phenoxy) is 1. The Kier molecular flexibility index (Phi) is 6.98. The van der Waals surface area contributed by atoms with Crippen molar-refractivity contribution in [1.29, 1.82) is 0 Å². The maximum absolute atomic E-state index is 13.1. The van der Waals surface area contributed by atoms with Gasteiger partial charge in [-0.05, 0) is 79.6 Å². The van der Waals surface area contributed by atoms with Crippen molar-refractivity contribution in [3.8, 4) is 5.75 Å². The van der Waals surface area contributed by atoms with Crippen LogP contribution in [0.2, 0.25) is 0 Å². The monoisotopic (exact) mass is 559 g/mol. The molecule has 0 radical (unpaired) electrons. The average Bonchev–Trinajstić information content (AvgIpc) is 3.31. The minimum atomic E-state index is -4.70. The minimum Gasteiger partial charge on any atom is -0.406 e. The molecule has 1 saturated heterocycles. The van der Waals surface area contributed by atoms with Crippen molar-refractivity contribution in [2.75, 3.05) is 36.0 Å². The van der Waals surface area contributed by atoms with E-state index < -0.39 is 6.36 Å². The molecule has 0 unspecified atom stereocenters. The first-order chi connectivity index (χ1) is 19.7. The zero-order valence-electron chi connectivity index (χ0n) is 22.4. The van der Waals surface area contributed by atoms with Gasteiger partial charge in [-0.3, -0.25) is 4.79 Å². The second kappa shape index (κ2) is 10.8. The van der Waals surface area contributed by atoms with Gasteiger partial charge < -0.3 is 14.5 Å². The number of halogens is 3. The number of fused-ring (bicyclic) bond motifs is 2. The zero-order chi connectivity index (χ0) is 28.6. The second-order valence-electron chi connectivity index (χ2n) is 10.1. The molecular formula is C31H28F3N5O2. The van der Waals surface area contributed by atoms with Crippen molar-refractivity contribution < 1.29 is 22.7 Å². The van der Waals surface area contributed by atoms with Gasteiger partial charge in [0.1, 0.15) is 11.6 Å². The van der Waals surface area contributed by atoms with Gasteiger partial charge in [-0.15, -0.1) is 13.2 Å². The maximum atomic E-state index is 13.1. The molecule has 6 rings (SSSR count). The molecule has 5 aromatic rings. The first-order valence-corrected chi connectivity index (χ1v) is 13.5. The Labute approximate surface area is 234 Å². The highest BCUT2D eigenvalue weighted by molar-refractivity contribution is 6.03. The van der Waals surface area contributed by atoms with Crippen LogP contribution >= 0.6 is 0 Å². The van der Waals surface area contributed by atoms with Crippen molar-refractivity contribution in [3.63, 3.8) is 0 Å². The molecule has 10 heteroatoms. The summed E-state index contributed by atoms with van der Waals surface area (Å²) < 4.78 is 43.0. The van der Waals surface area contributed by atoms with E-state index in [1.165, 1.54) is 12.1 Å². The number of pyridine rings is 2. The summed E-state index contributed by atoms with van der Waals surface area (Å²) in [7, 11) is 0. The Balaban J connectivity index is 1.07. The number of piperazine rings is 1. The molecule has 0 atom stereocenters. The molecule has 0 N–H and O–H groups in total. The number of aromatic nitrogens is 3. The topological polar surface area (TPSA) is 63.0 Å². The summed E-state index contributed by atoms with van der Waals surface area (Å²) in [5.74, 6) is 0.747. The number of benzene rings is 2. The van der Waals surface area contributed by atoms with Gasteiger partial charge in [0.2, 0.25) is 0 Å². The number of hydrogen-bond acceptors (Lipinski definition) is 6. The molecule has 1 aliphatic heterocycles. The molecule has 0 saturated carbocycles. The first kappa shape index (κ1) is 26.6. The van der Waals surface area contributed by atoms with E-state index in [9.17, 15) is 18.0 Å². The van der Waals surface area contributed by atoms with Crippen LogP contribution in [0, 0.1) is 6.92 Å². The molecule has 4 heterocycles. The second-order valence-corrected chi connectivity index (χ2v) is 10.1. The van der Waals surface area contributed by atoms with Crippen LogP contribution in [0.4, 0.5) is 24.7 Å². The molecule has 1 aliphatic rings. The van der Waals surface area contributed by atoms with E-state index in [-0.39, 0.29) is 11.5 Å². The molecule has 41 heavy (non-hydrogen) atoms. The smallest absolute Gasteiger partial charge is 0.406 e. The highest BCUT2D eigenvalue weighted by atomic mass is 19.4. The summed E-state index contributed by atoms with van der Waals surface area (Å²) in [5, 5.41) is 5.47. The third-order valence-electron chi connectivity index (χ3n) is 7.41. The van der Waals surface area contributed by atoms with Crippen molar-refractivity contribution in [3.05, 3.63) is 95.8 Å². The van der Waals surface area contributed by atoms with Crippen LogP contribution in [0.1, 0.15) is 28.0 Å². The average molecular weight is 560 g/mol. The number of aryl methyl sites for hydroxylation is 2. The van der Waals surface area contributed by atoms with Gasteiger partial charge in [-0.25, -0.2) is 9.50 Å². The van der Waals surface area contributed by atoms with Crippen molar-refractivity contribution in [2.24, 2.45) is 0 Å². The Bertz CT molecular complexity index is 1710. The molecule has 7 nitrogen and oxygen atoms in total. The van der Waals surface area contributed by atoms with Gasteiger partial charge in [0.15, 0.2) is 5.78 Å². The van der Waals surface area contributed by atoms with Crippen LogP contribution in [0.3, 0.4) is 0 Å². The van der Waals surface area contributed by atoms with Gasteiger partial charge in [-0.2, -0.15) is 5.10 Å². The number of rotatable bonds is 7. The molecule has 0 bridgehead atoms. The number of hydrogen-bond donors (Lipinski definition) is 0. The number of carbonyl (C=O) groups excluding carboxylic acids is 1. The fraction of sp³-hybridized carbons (Fsp3) is 0.258. The van der Waals surface area contributed by atoms with E-state index in [2.05, 4.69) is 31.8 Å². The quantitative estimate of drug-likeness (QED) is 0.220. The van der Waals surface area contributed by atoms with Crippen LogP contribution in [-0.2, 0) is 6.42 Å². The molecule has 2 aromatic carbocycles. The summed E-state index contributed by atoms with van der Waals surface area (Å²) in [6, 6.07) is 21.9. The molecule has 3 aromatic heterocycles. The van der Waals surface area contributed by atoms with Gasteiger partial charge in [0, 0.05) is 49.9 Å². The van der Waals surface area contributed by atoms with E-state index in [1.54, 1.807) is 16.6 Å². The van der Waals surface area contributed by atoms with E-state index in [0.29, 0.717) is 18.4 Å². The van der Waals surface area contributed by atoms with E-state index >= 15 is 0 Å². The standard InChI is InChI=1S/C31H28F3N5O2/c1-21-30(27-4-2-3-15-39(27)36-21)28(40)13-6-22-5-12-26-23(20-22)7-14-29(35-26)38-18-16-37(17-19-38)24-8-10-25(11-9-24)41-31(32,33)34/h2-5,7-12,14-15,20H,6,13,16-19H2,1H3. The number of anilines is 2. The number of carbonyl (C=O) groups is 1. The van der Waals surface area contributed by atoms with Crippen LogP contribution in [0.25, 0.3) is 16.4 Å². The molecule has 210 valence electrons. The van der Waals surface area contributed by atoms with Crippen molar-refractivity contribution >= 4 is 33.7 Å². The lowest BCUT2D eigenvalue weighted by Gasteiger charge is -2.36. The predicted octanol–water partition coefficient (Wildman–Crippen LogP) is 6.23. The lowest BCUT2D eigenvalue weighted by atomic mass is 10.0. The SMILES string of the molecule is Cc1nn2ccccc2c1C(=O)CCc1ccc2nc(N3CCN(c4ccc(OC(F)(F)F)cc4)CC3)ccc2c1. The van der Waals surface area contributed by atoms with Gasteiger partial charge in [-0.1, -0.05) is 12.1 Å². The molecular weight excluding hydrogens is 531 g/mol. The largest absolute Gasteiger partial charge is 0.573 e. The van der Waals surface area contributed by atoms with Crippen molar-refractivity contribution in [1.82, 2.24) is 14.6 Å².